The largest absolute Gasteiger partial charge is 0.355 e. The van der Waals surface area contributed by atoms with Gasteiger partial charge in [-0.15, -0.1) is 0 Å². The maximum absolute atomic E-state index is 6.06. The molecule has 3 nitrogen and oxygen atoms in total. The Morgan fingerprint density at radius 3 is 3.07 bits per heavy atom. The minimum absolute atomic E-state index is 0.328. The van der Waals surface area contributed by atoms with Crippen molar-refractivity contribution in [3.05, 3.63) is 17.5 Å². The summed E-state index contributed by atoms with van der Waals surface area (Å²) in [6, 6.07) is 0. The zero-order valence-corrected chi connectivity index (χ0v) is 10.9. The van der Waals surface area contributed by atoms with Crippen LogP contribution in [0, 0.1) is 5.41 Å². The maximum Gasteiger partial charge on any atom is 0.150 e. The first kappa shape index (κ1) is 11.1. The van der Waals surface area contributed by atoms with E-state index in [1.807, 2.05) is 0 Å². The zero-order chi connectivity index (χ0) is 10.9. The van der Waals surface area contributed by atoms with Crippen molar-refractivity contribution in [3.63, 3.8) is 0 Å². The predicted molar refractivity (Wildman–Crippen MR) is 65.8 cm³/mol. The summed E-state index contributed by atoms with van der Waals surface area (Å²) in [7, 11) is 0. The van der Waals surface area contributed by atoms with Crippen LogP contribution < -0.4 is 4.90 Å². The molecule has 0 aliphatic carbocycles. The Morgan fingerprint density at radius 2 is 2.47 bits per heavy atom. The van der Waals surface area contributed by atoms with Crippen molar-refractivity contribution < 1.29 is 0 Å². The van der Waals surface area contributed by atoms with Crippen LogP contribution in [0.2, 0.25) is 5.02 Å². The number of alkyl halides is 1. The van der Waals surface area contributed by atoms with Crippen LogP contribution in [0.3, 0.4) is 0 Å². The van der Waals surface area contributed by atoms with Crippen LogP contribution in [0.1, 0.15) is 13.3 Å². The zero-order valence-electron chi connectivity index (χ0n) is 8.58. The summed E-state index contributed by atoms with van der Waals surface area (Å²) in [4.78, 5) is 10.3. The summed E-state index contributed by atoms with van der Waals surface area (Å²) in [5.41, 5.74) is 0.328. The fourth-order valence-electron chi connectivity index (χ4n) is 1.85. The minimum atomic E-state index is 0.328. The van der Waals surface area contributed by atoms with E-state index in [1.165, 1.54) is 6.42 Å². The first-order chi connectivity index (χ1) is 7.14. The molecule has 1 aromatic heterocycles. The molecule has 1 unspecified atom stereocenters. The topological polar surface area (TPSA) is 29.0 Å². The quantitative estimate of drug-likeness (QED) is 0.784. The Kier molecular flexibility index (Phi) is 3.16. The van der Waals surface area contributed by atoms with Crippen LogP contribution in [0.15, 0.2) is 12.5 Å². The molecule has 15 heavy (non-hydrogen) atoms. The lowest BCUT2D eigenvalue weighted by molar-refractivity contribution is 0.432. The Balaban J connectivity index is 2.18. The standard InChI is InChI=1S/C10H13BrClN3/c1-10(5-11)2-3-15(6-10)9-8(12)4-13-7-14-9/h4,7H,2-3,5-6H2,1H3. The molecule has 0 radical (unpaired) electrons. The van der Waals surface area contributed by atoms with Crippen LogP contribution in [-0.2, 0) is 0 Å². The maximum atomic E-state index is 6.06. The van der Waals surface area contributed by atoms with Gasteiger partial charge in [0.2, 0.25) is 0 Å². The summed E-state index contributed by atoms with van der Waals surface area (Å²) in [6.45, 7) is 4.28. The number of rotatable bonds is 2. The van der Waals surface area contributed by atoms with Crippen molar-refractivity contribution in [3.8, 4) is 0 Å². The van der Waals surface area contributed by atoms with E-state index >= 15 is 0 Å². The highest BCUT2D eigenvalue weighted by molar-refractivity contribution is 9.09. The smallest absolute Gasteiger partial charge is 0.150 e. The van der Waals surface area contributed by atoms with Crippen LogP contribution in [-0.4, -0.2) is 28.4 Å². The van der Waals surface area contributed by atoms with E-state index in [-0.39, 0.29) is 0 Å². The average Bonchev–Trinajstić information content (AvgIpc) is 2.63. The molecule has 82 valence electrons. The monoisotopic (exact) mass is 289 g/mol. The molecule has 1 aliphatic heterocycles. The van der Waals surface area contributed by atoms with Gasteiger partial charge < -0.3 is 4.90 Å². The first-order valence-corrected chi connectivity index (χ1v) is 6.41. The van der Waals surface area contributed by atoms with Gasteiger partial charge in [0, 0.05) is 18.4 Å². The molecule has 1 fully saturated rings. The van der Waals surface area contributed by atoms with Gasteiger partial charge in [-0.25, -0.2) is 9.97 Å². The van der Waals surface area contributed by atoms with Gasteiger partial charge in [-0.1, -0.05) is 34.5 Å². The van der Waals surface area contributed by atoms with E-state index < -0.39 is 0 Å². The van der Waals surface area contributed by atoms with Gasteiger partial charge in [-0.2, -0.15) is 0 Å². The molecule has 2 rings (SSSR count). The van der Waals surface area contributed by atoms with Crippen molar-refractivity contribution in [2.75, 3.05) is 23.3 Å². The Labute approximate surface area is 103 Å². The summed E-state index contributed by atoms with van der Waals surface area (Å²) in [5.74, 6) is 0.858. The number of anilines is 1. The third-order valence-electron chi connectivity index (χ3n) is 2.83. The average molecular weight is 291 g/mol. The molecule has 5 heteroatoms. The fourth-order valence-corrected chi connectivity index (χ4v) is 2.53. The highest BCUT2D eigenvalue weighted by Gasteiger charge is 2.34. The van der Waals surface area contributed by atoms with Gasteiger partial charge in [0.15, 0.2) is 5.82 Å². The van der Waals surface area contributed by atoms with Crippen molar-refractivity contribution in [2.45, 2.75) is 13.3 Å². The number of hydrogen-bond acceptors (Lipinski definition) is 3. The molecule has 0 saturated carbocycles. The highest BCUT2D eigenvalue weighted by atomic mass is 79.9. The second kappa shape index (κ2) is 4.26. The number of nitrogens with zero attached hydrogens (tertiary/aromatic N) is 3. The van der Waals surface area contributed by atoms with E-state index in [4.69, 9.17) is 11.6 Å². The van der Waals surface area contributed by atoms with E-state index in [1.54, 1.807) is 12.5 Å². The van der Waals surface area contributed by atoms with Crippen molar-refractivity contribution >= 4 is 33.3 Å². The summed E-state index contributed by atoms with van der Waals surface area (Å²) in [6.07, 6.45) is 4.36. The lowest BCUT2D eigenvalue weighted by Gasteiger charge is -2.22. The lowest BCUT2D eigenvalue weighted by Crippen LogP contribution is -2.26. The molecule has 0 N–H and O–H groups in total. The van der Waals surface area contributed by atoms with Gasteiger partial charge in [0.1, 0.15) is 11.3 Å². The fraction of sp³-hybridized carbons (Fsp3) is 0.600. The van der Waals surface area contributed by atoms with Crippen molar-refractivity contribution in [2.24, 2.45) is 5.41 Å². The highest BCUT2D eigenvalue weighted by Crippen LogP contribution is 2.35. The first-order valence-electron chi connectivity index (χ1n) is 4.91. The third-order valence-corrected chi connectivity index (χ3v) is 4.45. The Morgan fingerprint density at radius 1 is 1.67 bits per heavy atom. The van der Waals surface area contributed by atoms with Crippen LogP contribution in [0.5, 0.6) is 0 Å². The molecule has 2 heterocycles. The molecular formula is C10H13BrClN3. The summed E-state index contributed by atoms with van der Waals surface area (Å²) >= 11 is 9.62. The van der Waals surface area contributed by atoms with E-state index in [0.29, 0.717) is 10.4 Å². The van der Waals surface area contributed by atoms with Crippen molar-refractivity contribution in [1.82, 2.24) is 9.97 Å². The Bertz CT molecular complexity index is 360. The van der Waals surface area contributed by atoms with E-state index in [2.05, 4.69) is 37.7 Å². The summed E-state index contributed by atoms with van der Waals surface area (Å²) < 4.78 is 0. The molecule has 1 atom stereocenters. The van der Waals surface area contributed by atoms with E-state index in [0.717, 1.165) is 24.2 Å². The van der Waals surface area contributed by atoms with Gasteiger partial charge >= 0.3 is 0 Å². The molecule has 1 saturated heterocycles. The van der Waals surface area contributed by atoms with Crippen LogP contribution in [0.25, 0.3) is 0 Å². The van der Waals surface area contributed by atoms with Gasteiger partial charge in [-0.3, -0.25) is 0 Å². The predicted octanol–water partition coefficient (Wildman–Crippen LogP) is 2.74. The second-order valence-corrected chi connectivity index (χ2v) is 5.28. The van der Waals surface area contributed by atoms with Crippen LogP contribution in [0.4, 0.5) is 5.82 Å². The molecule has 0 aromatic carbocycles. The molecule has 1 aliphatic rings. The van der Waals surface area contributed by atoms with Crippen molar-refractivity contribution in [1.29, 1.82) is 0 Å². The molecule has 0 amide bonds. The second-order valence-electron chi connectivity index (χ2n) is 4.31. The minimum Gasteiger partial charge on any atom is -0.355 e. The molecular weight excluding hydrogens is 277 g/mol. The Hall–Kier alpha value is -0.350. The molecule has 1 aromatic rings. The number of hydrogen-bond donors (Lipinski definition) is 0. The lowest BCUT2D eigenvalue weighted by atomic mass is 9.93. The number of halogens is 2. The third kappa shape index (κ3) is 2.26. The van der Waals surface area contributed by atoms with Gasteiger partial charge in [0.25, 0.3) is 0 Å². The normalized spacial score (nSPS) is 25.9. The van der Waals surface area contributed by atoms with Crippen LogP contribution >= 0.6 is 27.5 Å². The summed E-state index contributed by atoms with van der Waals surface area (Å²) in [5, 5.41) is 1.65. The SMILES string of the molecule is CC1(CBr)CCN(c2ncncc2Cl)C1. The molecule has 0 bridgehead atoms. The van der Waals surface area contributed by atoms with Gasteiger partial charge in [-0.05, 0) is 11.8 Å². The van der Waals surface area contributed by atoms with Gasteiger partial charge in [0.05, 0.1) is 6.20 Å². The molecule has 0 spiro atoms. The van der Waals surface area contributed by atoms with E-state index in [9.17, 15) is 0 Å². The number of aromatic nitrogens is 2.